The summed E-state index contributed by atoms with van der Waals surface area (Å²) >= 11 is 0. The van der Waals surface area contributed by atoms with E-state index in [0.29, 0.717) is 0 Å². The minimum Gasteiger partial charge on any atom is -0.383 e. The van der Waals surface area contributed by atoms with Crippen molar-refractivity contribution in [1.82, 2.24) is 10.2 Å². The van der Waals surface area contributed by atoms with E-state index in [1.54, 1.807) is 7.11 Å². The van der Waals surface area contributed by atoms with E-state index in [4.69, 9.17) is 4.74 Å². The van der Waals surface area contributed by atoms with Gasteiger partial charge in [-0.2, -0.15) is 0 Å². The van der Waals surface area contributed by atoms with E-state index in [2.05, 4.69) is 24.2 Å². The minimum absolute atomic E-state index is 0.819. The molecule has 1 fully saturated rings. The fraction of sp³-hybridized carbons (Fsp3) is 1.00. The first-order valence-corrected chi connectivity index (χ1v) is 7.65. The van der Waals surface area contributed by atoms with Gasteiger partial charge >= 0.3 is 0 Å². The molecule has 0 aromatic heterocycles. The van der Waals surface area contributed by atoms with Crippen molar-refractivity contribution in [2.24, 2.45) is 5.92 Å². The van der Waals surface area contributed by atoms with E-state index in [0.717, 1.165) is 31.7 Å². The van der Waals surface area contributed by atoms with Crippen molar-refractivity contribution in [1.29, 1.82) is 0 Å². The van der Waals surface area contributed by atoms with Gasteiger partial charge in [0.1, 0.15) is 0 Å². The van der Waals surface area contributed by atoms with E-state index in [-0.39, 0.29) is 0 Å². The number of ether oxygens (including phenoxy) is 1. The van der Waals surface area contributed by atoms with E-state index in [1.807, 2.05) is 0 Å². The van der Waals surface area contributed by atoms with Crippen LogP contribution in [0.15, 0.2) is 0 Å². The summed E-state index contributed by atoms with van der Waals surface area (Å²) in [5.41, 5.74) is 0. The molecule has 0 aromatic rings. The van der Waals surface area contributed by atoms with Gasteiger partial charge in [0, 0.05) is 19.7 Å². The molecular formula is C15H32N2O. The van der Waals surface area contributed by atoms with Gasteiger partial charge in [0.2, 0.25) is 0 Å². The third-order valence-electron chi connectivity index (χ3n) is 4.23. The Labute approximate surface area is 113 Å². The number of rotatable bonds is 9. The Balaban J connectivity index is 2.00. The topological polar surface area (TPSA) is 24.5 Å². The summed E-state index contributed by atoms with van der Waals surface area (Å²) in [4.78, 5) is 2.60. The lowest BCUT2D eigenvalue weighted by molar-refractivity contribution is 0.137. The molecule has 0 saturated heterocycles. The van der Waals surface area contributed by atoms with Crippen LogP contribution in [0.1, 0.15) is 45.4 Å². The van der Waals surface area contributed by atoms with E-state index < -0.39 is 0 Å². The largest absolute Gasteiger partial charge is 0.383 e. The number of hydrogen-bond acceptors (Lipinski definition) is 3. The molecule has 1 saturated carbocycles. The quantitative estimate of drug-likeness (QED) is 0.642. The molecular weight excluding hydrogens is 224 g/mol. The molecule has 1 aliphatic rings. The van der Waals surface area contributed by atoms with Crippen LogP contribution in [-0.4, -0.2) is 51.3 Å². The smallest absolute Gasteiger partial charge is 0.0587 e. The monoisotopic (exact) mass is 256 g/mol. The number of hydrogen-bond donors (Lipinski definition) is 1. The second-order valence-electron chi connectivity index (χ2n) is 5.76. The molecule has 1 aliphatic carbocycles. The molecule has 18 heavy (non-hydrogen) atoms. The zero-order chi connectivity index (χ0) is 13.2. The molecule has 0 radical (unpaired) electrons. The van der Waals surface area contributed by atoms with Gasteiger partial charge in [-0.05, 0) is 51.7 Å². The van der Waals surface area contributed by atoms with Crippen LogP contribution >= 0.6 is 0 Å². The first-order valence-electron chi connectivity index (χ1n) is 7.65. The van der Waals surface area contributed by atoms with Crippen LogP contribution in [0.4, 0.5) is 0 Å². The second kappa shape index (κ2) is 9.76. The van der Waals surface area contributed by atoms with Crippen LogP contribution in [0.3, 0.4) is 0 Å². The third-order valence-corrected chi connectivity index (χ3v) is 4.23. The maximum Gasteiger partial charge on any atom is 0.0587 e. The average Bonchev–Trinajstić information content (AvgIpc) is 2.38. The van der Waals surface area contributed by atoms with Crippen molar-refractivity contribution in [2.75, 3.05) is 40.4 Å². The van der Waals surface area contributed by atoms with Gasteiger partial charge in [-0.3, -0.25) is 0 Å². The fourth-order valence-corrected chi connectivity index (χ4v) is 3.03. The maximum absolute atomic E-state index is 5.01. The van der Waals surface area contributed by atoms with Crippen molar-refractivity contribution >= 4 is 0 Å². The van der Waals surface area contributed by atoms with Gasteiger partial charge in [-0.25, -0.2) is 0 Å². The van der Waals surface area contributed by atoms with Crippen LogP contribution in [0, 0.1) is 5.92 Å². The van der Waals surface area contributed by atoms with Gasteiger partial charge in [0.05, 0.1) is 6.61 Å². The Hall–Kier alpha value is -0.120. The predicted octanol–water partition coefficient (Wildman–Crippen LogP) is 2.51. The van der Waals surface area contributed by atoms with E-state index in [1.165, 1.54) is 45.1 Å². The lowest BCUT2D eigenvalue weighted by Gasteiger charge is -2.36. The first-order chi connectivity index (χ1) is 8.75. The summed E-state index contributed by atoms with van der Waals surface area (Å²) in [6, 6.07) is 0.834. The molecule has 1 N–H and O–H groups in total. The maximum atomic E-state index is 5.01. The minimum atomic E-state index is 0.819. The molecule has 0 bridgehead atoms. The number of methoxy groups -OCH3 is 1. The highest BCUT2D eigenvalue weighted by atomic mass is 16.5. The predicted molar refractivity (Wildman–Crippen MR) is 78.0 cm³/mol. The van der Waals surface area contributed by atoms with Crippen molar-refractivity contribution in [3.05, 3.63) is 0 Å². The van der Waals surface area contributed by atoms with Gasteiger partial charge in [-0.1, -0.05) is 19.8 Å². The molecule has 2 atom stereocenters. The number of nitrogens with one attached hydrogen (secondary N) is 1. The summed E-state index contributed by atoms with van der Waals surface area (Å²) in [6.45, 7) is 6.59. The Morgan fingerprint density at radius 1 is 1.17 bits per heavy atom. The molecule has 0 heterocycles. The highest BCUT2D eigenvalue weighted by Crippen LogP contribution is 2.27. The molecule has 0 aromatic carbocycles. The highest BCUT2D eigenvalue weighted by molar-refractivity contribution is 4.79. The highest BCUT2D eigenvalue weighted by Gasteiger charge is 2.24. The second-order valence-corrected chi connectivity index (χ2v) is 5.76. The molecule has 0 aliphatic heterocycles. The molecule has 108 valence electrons. The Morgan fingerprint density at radius 2 is 1.94 bits per heavy atom. The normalized spacial score (nSPS) is 24.7. The van der Waals surface area contributed by atoms with Crippen LogP contribution in [0.25, 0.3) is 0 Å². The molecule has 1 rings (SSSR count). The average molecular weight is 256 g/mol. The van der Waals surface area contributed by atoms with Gasteiger partial charge < -0.3 is 15.0 Å². The van der Waals surface area contributed by atoms with Crippen LogP contribution in [-0.2, 0) is 4.74 Å². The van der Waals surface area contributed by atoms with Gasteiger partial charge in [-0.15, -0.1) is 0 Å². The fourth-order valence-electron chi connectivity index (χ4n) is 3.03. The summed E-state index contributed by atoms with van der Waals surface area (Å²) in [7, 11) is 4.06. The molecule has 3 heteroatoms. The first kappa shape index (κ1) is 15.9. The zero-order valence-corrected chi connectivity index (χ0v) is 12.6. The van der Waals surface area contributed by atoms with Crippen molar-refractivity contribution in [3.63, 3.8) is 0 Å². The molecule has 2 unspecified atom stereocenters. The van der Waals surface area contributed by atoms with Gasteiger partial charge in [0.25, 0.3) is 0 Å². The lowest BCUT2D eigenvalue weighted by Crippen LogP contribution is -2.39. The standard InChI is InChI=1S/C15H32N2O/c1-14-8-4-5-9-15(14)17(2)12-7-6-10-16-11-13-18-3/h14-16H,4-13H2,1-3H3. The third kappa shape index (κ3) is 6.17. The van der Waals surface area contributed by atoms with E-state index >= 15 is 0 Å². The Bertz CT molecular complexity index is 199. The van der Waals surface area contributed by atoms with Crippen molar-refractivity contribution in [3.8, 4) is 0 Å². The molecule has 0 amide bonds. The van der Waals surface area contributed by atoms with Crippen molar-refractivity contribution < 1.29 is 4.74 Å². The van der Waals surface area contributed by atoms with Crippen LogP contribution in [0.2, 0.25) is 0 Å². The summed E-state index contributed by atoms with van der Waals surface area (Å²) in [6.07, 6.45) is 8.28. The lowest BCUT2D eigenvalue weighted by atomic mass is 9.85. The Morgan fingerprint density at radius 3 is 2.67 bits per heavy atom. The molecule has 0 spiro atoms. The van der Waals surface area contributed by atoms with E-state index in [9.17, 15) is 0 Å². The summed E-state index contributed by atoms with van der Waals surface area (Å²) in [5, 5.41) is 3.40. The number of nitrogens with zero attached hydrogens (tertiary/aromatic N) is 1. The summed E-state index contributed by atoms with van der Waals surface area (Å²) in [5.74, 6) is 0.892. The molecule has 3 nitrogen and oxygen atoms in total. The van der Waals surface area contributed by atoms with Crippen LogP contribution < -0.4 is 5.32 Å². The summed E-state index contributed by atoms with van der Waals surface area (Å²) < 4.78 is 5.01. The number of unbranched alkanes of at least 4 members (excludes halogenated alkanes) is 1. The Kier molecular flexibility index (Phi) is 8.64. The SMILES string of the molecule is COCCNCCCCN(C)C1CCCCC1C. The zero-order valence-electron chi connectivity index (χ0n) is 12.6. The van der Waals surface area contributed by atoms with Gasteiger partial charge in [0.15, 0.2) is 0 Å². The van der Waals surface area contributed by atoms with Crippen LogP contribution in [0.5, 0.6) is 0 Å². The van der Waals surface area contributed by atoms with Crippen molar-refractivity contribution in [2.45, 2.75) is 51.5 Å².